The van der Waals surface area contributed by atoms with Gasteiger partial charge in [0.05, 0.1) is 6.10 Å². The van der Waals surface area contributed by atoms with E-state index < -0.39 is 0 Å². The molecule has 1 fully saturated rings. The number of rotatable bonds is 2. The van der Waals surface area contributed by atoms with Gasteiger partial charge in [-0.1, -0.05) is 25.8 Å². The number of pyridine rings is 1. The molecule has 0 spiro atoms. The fourth-order valence-electron chi connectivity index (χ4n) is 2.87. The SMILES string of the molecule is Cc1ccc(C(O)C2CCC(C)CC2)c(C)n1. The van der Waals surface area contributed by atoms with Crippen LogP contribution in [0.15, 0.2) is 12.1 Å². The van der Waals surface area contributed by atoms with E-state index in [9.17, 15) is 5.11 Å². The third kappa shape index (κ3) is 2.86. The number of aliphatic hydroxyl groups is 1. The molecule has 0 bridgehead atoms. The standard InChI is InChI=1S/C15H23NO/c1-10-4-7-13(8-5-10)15(17)14-9-6-11(2)16-12(14)3/h6,9-10,13,15,17H,4-5,7-8H2,1-3H3. The summed E-state index contributed by atoms with van der Waals surface area (Å²) in [4.78, 5) is 4.44. The average Bonchev–Trinajstić information content (AvgIpc) is 2.29. The molecule has 94 valence electrons. The molecule has 0 aliphatic heterocycles. The lowest BCUT2D eigenvalue weighted by Gasteiger charge is -2.30. The Labute approximate surface area is 104 Å². The molecule has 1 aromatic heterocycles. The molecule has 1 aliphatic rings. The normalized spacial score (nSPS) is 26.8. The largest absolute Gasteiger partial charge is 0.388 e. The zero-order valence-corrected chi connectivity index (χ0v) is 11.1. The van der Waals surface area contributed by atoms with Crippen LogP contribution in [0, 0.1) is 25.7 Å². The quantitative estimate of drug-likeness (QED) is 0.847. The smallest absolute Gasteiger partial charge is 0.0835 e. The molecule has 2 heteroatoms. The van der Waals surface area contributed by atoms with Crippen LogP contribution in [0.5, 0.6) is 0 Å². The number of aliphatic hydroxyl groups excluding tert-OH is 1. The Morgan fingerprint density at radius 3 is 2.41 bits per heavy atom. The van der Waals surface area contributed by atoms with Gasteiger partial charge in [-0.3, -0.25) is 4.98 Å². The monoisotopic (exact) mass is 233 g/mol. The van der Waals surface area contributed by atoms with Crippen molar-refractivity contribution in [2.45, 2.75) is 52.6 Å². The van der Waals surface area contributed by atoms with E-state index in [1.165, 1.54) is 12.8 Å². The maximum absolute atomic E-state index is 10.5. The Balaban J connectivity index is 2.11. The molecule has 1 aliphatic carbocycles. The molecule has 2 nitrogen and oxygen atoms in total. The molecule has 0 saturated heterocycles. The minimum absolute atomic E-state index is 0.324. The van der Waals surface area contributed by atoms with Gasteiger partial charge in [0.25, 0.3) is 0 Å². The Bertz CT molecular complexity index is 381. The molecule has 1 atom stereocenters. The van der Waals surface area contributed by atoms with Crippen LogP contribution in [0.4, 0.5) is 0 Å². The molecule has 0 radical (unpaired) electrons. The molecule has 0 amide bonds. The fraction of sp³-hybridized carbons (Fsp3) is 0.667. The Kier molecular flexibility index (Phi) is 3.82. The van der Waals surface area contributed by atoms with E-state index in [1.807, 2.05) is 26.0 Å². The van der Waals surface area contributed by atoms with E-state index in [1.54, 1.807) is 0 Å². The Morgan fingerprint density at radius 2 is 1.82 bits per heavy atom. The summed E-state index contributed by atoms with van der Waals surface area (Å²) in [6.07, 6.45) is 4.47. The van der Waals surface area contributed by atoms with E-state index in [4.69, 9.17) is 0 Å². The van der Waals surface area contributed by atoms with Gasteiger partial charge in [0, 0.05) is 17.0 Å². The summed E-state index contributed by atoms with van der Waals surface area (Å²) < 4.78 is 0. The van der Waals surface area contributed by atoms with Crippen molar-refractivity contribution in [3.05, 3.63) is 29.1 Å². The molecular weight excluding hydrogens is 210 g/mol. The van der Waals surface area contributed by atoms with E-state index in [0.29, 0.717) is 5.92 Å². The zero-order chi connectivity index (χ0) is 12.4. The van der Waals surface area contributed by atoms with Crippen molar-refractivity contribution in [3.63, 3.8) is 0 Å². The van der Waals surface area contributed by atoms with Gasteiger partial charge in [0.15, 0.2) is 0 Å². The van der Waals surface area contributed by atoms with Gasteiger partial charge >= 0.3 is 0 Å². The first-order valence-corrected chi connectivity index (χ1v) is 6.70. The lowest BCUT2D eigenvalue weighted by molar-refractivity contribution is 0.0747. The lowest BCUT2D eigenvalue weighted by atomic mass is 9.78. The van der Waals surface area contributed by atoms with Gasteiger partial charge in [0.2, 0.25) is 0 Å². The van der Waals surface area contributed by atoms with Crippen molar-refractivity contribution in [2.24, 2.45) is 11.8 Å². The second-order valence-corrected chi connectivity index (χ2v) is 5.59. The second kappa shape index (κ2) is 5.18. The zero-order valence-electron chi connectivity index (χ0n) is 11.1. The summed E-state index contributed by atoms with van der Waals surface area (Å²) in [7, 11) is 0. The van der Waals surface area contributed by atoms with Crippen molar-refractivity contribution < 1.29 is 5.11 Å². The molecule has 1 aromatic rings. The highest BCUT2D eigenvalue weighted by atomic mass is 16.3. The minimum Gasteiger partial charge on any atom is -0.388 e. The first kappa shape index (κ1) is 12.6. The third-order valence-corrected chi connectivity index (χ3v) is 4.09. The van der Waals surface area contributed by atoms with Gasteiger partial charge in [-0.25, -0.2) is 0 Å². The number of nitrogens with zero attached hydrogens (tertiary/aromatic N) is 1. The highest BCUT2D eigenvalue weighted by Gasteiger charge is 2.26. The topological polar surface area (TPSA) is 33.1 Å². The van der Waals surface area contributed by atoms with Crippen LogP contribution in [0.2, 0.25) is 0 Å². The maximum Gasteiger partial charge on any atom is 0.0835 e. The molecule has 1 heterocycles. The maximum atomic E-state index is 10.5. The molecular formula is C15H23NO. The average molecular weight is 233 g/mol. The van der Waals surface area contributed by atoms with Crippen molar-refractivity contribution >= 4 is 0 Å². The summed E-state index contributed by atoms with van der Waals surface area (Å²) >= 11 is 0. The summed E-state index contributed by atoms with van der Waals surface area (Å²) in [5.41, 5.74) is 3.03. The van der Waals surface area contributed by atoms with Crippen LogP contribution in [-0.4, -0.2) is 10.1 Å². The van der Waals surface area contributed by atoms with Crippen LogP contribution in [0.25, 0.3) is 0 Å². The minimum atomic E-state index is -0.324. The fourth-order valence-corrected chi connectivity index (χ4v) is 2.87. The van der Waals surface area contributed by atoms with Crippen LogP contribution < -0.4 is 0 Å². The first-order valence-electron chi connectivity index (χ1n) is 6.70. The van der Waals surface area contributed by atoms with E-state index in [0.717, 1.165) is 35.7 Å². The van der Waals surface area contributed by atoms with Crippen molar-refractivity contribution in [1.82, 2.24) is 4.98 Å². The van der Waals surface area contributed by atoms with Crippen molar-refractivity contribution in [1.29, 1.82) is 0 Å². The van der Waals surface area contributed by atoms with Crippen LogP contribution in [0.1, 0.15) is 55.7 Å². The van der Waals surface area contributed by atoms with Gasteiger partial charge in [-0.05, 0) is 44.6 Å². The Morgan fingerprint density at radius 1 is 1.18 bits per heavy atom. The van der Waals surface area contributed by atoms with Crippen LogP contribution in [0.3, 0.4) is 0 Å². The number of hydrogen-bond donors (Lipinski definition) is 1. The van der Waals surface area contributed by atoms with Crippen molar-refractivity contribution in [2.75, 3.05) is 0 Å². The van der Waals surface area contributed by atoms with Gasteiger partial charge < -0.3 is 5.11 Å². The second-order valence-electron chi connectivity index (χ2n) is 5.59. The molecule has 1 saturated carbocycles. The predicted molar refractivity (Wildman–Crippen MR) is 69.8 cm³/mol. The van der Waals surface area contributed by atoms with Crippen LogP contribution >= 0.6 is 0 Å². The summed E-state index contributed by atoms with van der Waals surface area (Å²) in [6.45, 7) is 6.30. The van der Waals surface area contributed by atoms with E-state index in [2.05, 4.69) is 11.9 Å². The van der Waals surface area contributed by atoms with Crippen molar-refractivity contribution in [3.8, 4) is 0 Å². The lowest BCUT2D eigenvalue weighted by Crippen LogP contribution is -2.20. The van der Waals surface area contributed by atoms with Gasteiger partial charge in [-0.15, -0.1) is 0 Å². The first-order chi connectivity index (χ1) is 8.08. The number of aromatic nitrogens is 1. The number of hydrogen-bond acceptors (Lipinski definition) is 2. The Hall–Kier alpha value is -0.890. The third-order valence-electron chi connectivity index (χ3n) is 4.09. The molecule has 1 N–H and O–H groups in total. The molecule has 1 unspecified atom stereocenters. The number of aryl methyl sites for hydroxylation is 2. The van der Waals surface area contributed by atoms with E-state index >= 15 is 0 Å². The highest BCUT2D eigenvalue weighted by Crippen LogP contribution is 2.37. The summed E-state index contributed by atoms with van der Waals surface area (Å²) in [5.74, 6) is 1.25. The van der Waals surface area contributed by atoms with Gasteiger partial charge in [0.1, 0.15) is 0 Å². The summed E-state index contributed by atoms with van der Waals surface area (Å²) in [5, 5.41) is 10.5. The van der Waals surface area contributed by atoms with E-state index in [-0.39, 0.29) is 6.10 Å². The molecule has 2 rings (SSSR count). The van der Waals surface area contributed by atoms with Gasteiger partial charge in [-0.2, -0.15) is 0 Å². The van der Waals surface area contributed by atoms with Crippen LogP contribution in [-0.2, 0) is 0 Å². The highest BCUT2D eigenvalue weighted by molar-refractivity contribution is 5.24. The summed E-state index contributed by atoms with van der Waals surface area (Å²) in [6, 6.07) is 4.04. The molecule has 0 aromatic carbocycles. The molecule has 17 heavy (non-hydrogen) atoms. The predicted octanol–water partition coefficient (Wildman–Crippen LogP) is 3.56.